The summed E-state index contributed by atoms with van der Waals surface area (Å²) in [6.07, 6.45) is 7.73. The highest BCUT2D eigenvalue weighted by molar-refractivity contribution is 6.33. The molecule has 28 heavy (non-hydrogen) atoms. The molecule has 0 saturated heterocycles. The molecular formula is C21H24ClN3O3. The first-order valence-corrected chi connectivity index (χ1v) is 9.91. The van der Waals surface area contributed by atoms with Gasteiger partial charge in [0.15, 0.2) is 11.6 Å². The standard InChI is InChI=1S/C21H24ClN3O3/c22-17-10-5-4-9-16(17)21(27)24-13-19(26)25-20-18(11-6-12-23-20)28-14-15-7-2-1-3-8-15/h4-6,9-12,15H,1-3,7-8,13-14H2,(H,24,27)(H,23,25,26). The molecule has 2 N–H and O–H groups in total. The molecular weight excluding hydrogens is 378 g/mol. The zero-order valence-corrected chi connectivity index (χ0v) is 16.4. The number of nitrogens with one attached hydrogen (secondary N) is 2. The maximum atomic E-state index is 12.2. The predicted molar refractivity (Wildman–Crippen MR) is 109 cm³/mol. The smallest absolute Gasteiger partial charge is 0.253 e. The quantitative estimate of drug-likeness (QED) is 0.733. The Kier molecular flexibility index (Phi) is 7.25. The first-order chi connectivity index (χ1) is 13.6. The number of carbonyl (C=O) groups excluding carboxylic acids is 2. The molecule has 0 unspecified atom stereocenters. The van der Waals surface area contributed by atoms with E-state index in [1.807, 2.05) is 0 Å². The van der Waals surface area contributed by atoms with Crippen LogP contribution in [0.15, 0.2) is 42.6 Å². The second-order valence-corrected chi connectivity index (χ2v) is 7.28. The highest BCUT2D eigenvalue weighted by atomic mass is 35.5. The lowest BCUT2D eigenvalue weighted by Crippen LogP contribution is -2.33. The SMILES string of the molecule is O=C(CNC(=O)c1ccccc1Cl)Nc1ncccc1OCC1CCCCC1. The molecule has 1 aromatic carbocycles. The Hall–Kier alpha value is -2.60. The van der Waals surface area contributed by atoms with Crippen molar-refractivity contribution in [2.24, 2.45) is 5.92 Å². The van der Waals surface area contributed by atoms with Gasteiger partial charge in [-0.3, -0.25) is 9.59 Å². The summed E-state index contributed by atoms with van der Waals surface area (Å²) in [6, 6.07) is 10.2. The summed E-state index contributed by atoms with van der Waals surface area (Å²) in [4.78, 5) is 28.6. The molecule has 1 aromatic heterocycles. The van der Waals surface area contributed by atoms with Crippen molar-refractivity contribution in [2.45, 2.75) is 32.1 Å². The fourth-order valence-corrected chi connectivity index (χ4v) is 3.46. The molecule has 1 fully saturated rings. The highest BCUT2D eigenvalue weighted by Gasteiger charge is 2.16. The minimum Gasteiger partial charge on any atom is -0.489 e. The van der Waals surface area contributed by atoms with E-state index >= 15 is 0 Å². The number of pyridine rings is 1. The average molecular weight is 402 g/mol. The minimum absolute atomic E-state index is 0.192. The summed E-state index contributed by atoms with van der Waals surface area (Å²) in [6.45, 7) is 0.431. The average Bonchev–Trinajstić information content (AvgIpc) is 2.72. The van der Waals surface area contributed by atoms with Crippen LogP contribution in [-0.2, 0) is 4.79 Å². The molecule has 0 aliphatic heterocycles. The van der Waals surface area contributed by atoms with Gasteiger partial charge in [-0.1, -0.05) is 43.0 Å². The van der Waals surface area contributed by atoms with Gasteiger partial charge < -0.3 is 15.4 Å². The van der Waals surface area contributed by atoms with Crippen LogP contribution in [0.4, 0.5) is 5.82 Å². The van der Waals surface area contributed by atoms with Gasteiger partial charge in [0, 0.05) is 6.20 Å². The lowest BCUT2D eigenvalue weighted by Gasteiger charge is -2.22. The van der Waals surface area contributed by atoms with Crippen LogP contribution in [0.3, 0.4) is 0 Å². The maximum absolute atomic E-state index is 12.2. The summed E-state index contributed by atoms with van der Waals surface area (Å²) in [5.41, 5.74) is 0.325. The number of benzene rings is 1. The Morgan fingerprint density at radius 3 is 2.68 bits per heavy atom. The number of hydrogen-bond donors (Lipinski definition) is 2. The van der Waals surface area contributed by atoms with E-state index in [1.165, 1.54) is 32.1 Å². The number of hydrogen-bond acceptors (Lipinski definition) is 4. The van der Waals surface area contributed by atoms with Gasteiger partial charge in [-0.2, -0.15) is 0 Å². The van der Waals surface area contributed by atoms with Crippen molar-refractivity contribution >= 4 is 29.2 Å². The molecule has 1 saturated carbocycles. The van der Waals surface area contributed by atoms with Gasteiger partial charge in [0.05, 0.1) is 23.7 Å². The molecule has 0 spiro atoms. The zero-order valence-electron chi connectivity index (χ0n) is 15.6. The van der Waals surface area contributed by atoms with Crippen LogP contribution in [0.5, 0.6) is 5.75 Å². The first kappa shape index (κ1) is 20.1. The highest BCUT2D eigenvalue weighted by Crippen LogP contribution is 2.27. The molecule has 1 aliphatic rings. The van der Waals surface area contributed by atoms with Gasteiger partial charge in [0.25, 0.3) is 5.91 Å². The van der Waals surface area contributed by atoms with Gasteiger partial charge in [-0.15, -0.1) is 0 Å². The number of aromatic nitrogens is 1. The Bertz CT molecular complexity index is 822. The van der Waals surface area contributed by atoms with E-state index in [2.05, 4.69) is 15.6 Å². The van der Waals surface area contributed by atoms with Crippen molar-refractivity contribution in [2.75, 3.05) is 18.5 Å². The molecule has 148 valence electrons. The Labute approximate surface area is 169 Å². The predicted octanol–water partition coefficient (Wildman–Crippen LogP) is 4.06. The summed E-state index contributed by atoms with van der Waals surface area (Å²) < 4.78 is 5.91. The number of nitrogens with zero attached hydrogens (tertiary/aromatic N) is 1. The van der Waals surface area contributed by atoms with Crippen LogP contribution in [0, 0.1) is 5.92 Å². The fourth-order valence-electron chi connectivity index (χ4n) is 3.24. The van der Waals surface area contributed by atoms with Gasteiger partial charge in [0.2, 0.25) is 5.91 Å². The zero-order chi connectivity index (χ0) is 19.8. The van der Waals surface area contributed by atoms with E-state index in [4.69, 9.17) is 16.3 Å². The van der Waals surface area contributed by atoms with Gasteiger partial charge in [-0.05, 0) is 43.0 Å². The lowest BCUT2D eigenvalue weighted by molar-refractivity contribution is -0.115. The third-order valence-corrected chi connectivity index (χ3v) is 5.09. The van der Waals surface area contributed by atoms with Gasteiger partial charge in [0.1, 0.15) is 0 Å². The van der Waals surface area contributed by atoms with E-state index in [-0.39, 0.29) is 12.5 Å². The fraction of sp³-hybridized carbons (Fsp3) is 0.381. The molecule has 0 bridgehead atoms. The number of halogens is 1. The lowest BCUT2D eigenvalue weighted by atomic mass is 9.90. The number of rotatable bonds is 7. The summed E-state index contributed by atoms with van der Waals surface area (Å²) >= 11 is 6.00. The van der Waals surface area contributed by atoms with E-state index in [1.54, 1.807) is 42.6 Å². The normalized spacial score (nSPS) is 14.3. The molecule has 3 rings (SSSR count). The molecule has 6 nitrogen and oxygen atoms in total. The van der Waals surface area contributed by atoms with Crippen molar-refractivity contribution < 1.29 is 14.3 Å². The van der Waals surface area contributed by atoms with Crippen LogP contribution in [0.2, 0.25) is 5.02 Å². The van der Waals surface area contributed by atoms with Crippen molar-refractivity contribution in [3.8, 4) is 5.75 Å². The number of anilines is 1. The topological polar surface area (TPSA) is 80.3 Å². The van der Waals surface area contributed by atoms with Crippen LogP contribution in [0.1, 0.15) is 42.5 Å². The van der Waals surface area contributed by atoms with E-state index in [0.717, 1.165) is 0 Å². The minimum atomic E-state index is -0.407. The van der Waals surface area contributed by atoms with Crippen LogP contribution < -0.4 is 15.4 Å². The third-order valence-electron chi connectivity index (χ3n) is 4.76. The maximum Gasteiger partial charge on any atom is 0.253 e. The molecule has 2 aromatic rings. The largest absolute Gasteiger partial charge is 0.489 e. The first-order valence-electron chi connectivity index (χ1n) is 9.54. The Morgan fingerprint density at radius 1 is 1.11 bits per heavy atom. The van der Waals surface area contributed by atoms with E-state index < -0.39 is 5.91 Å². The van der Waals surface area contributed by atoms with E-state index in [9.17, 15) is 9.59 Å². The van der Waals surface area contributed by atoms with Crippen LogP contribution >= 0.6 is 11.6 Å². The molecule has 2 amide bonds. The number of amides is 2. The summed E-state index contributed by atoms with van der Waals surface area (Å²) in [5.74, 6) is 0.652. The van der Waals surface area contributed by atoms with Crippen LogP contribution in [0.25, 0.3) is 0 Å². The molecule has 1 heterocycles. The monoisotopic (exact) mass is 401 g/mol. The van der Waals surface area contributed by atoms with Gasteiger partial charge in [-0.25, -0.2) is 4.98 Å². The summed E-state index contributed by atoms with van der Waals surface area (Å²) in [7, 11) is 0. The Balaban J connectivity index is 1.52. The molecule has 0 atom stereocenters. The second-order valence-electron chi connectivity index (χ2n) is 6.88. The van der Waals surface area contributed by atoms with Crippen molar-refractivity contribution in [3.05, 3.63) is 53.2 Å². The van der Waals surface area contributed by atoms with Crippen molar-refractivity contribution in [3.63, 3.8) is 0 Å². The second kappa shape index (κ2) is 10.1. The summed E-state index contributed by atoms with van der Waals surface area (Å²) in [5, 5.41) is 5.59. The Morgan fingerprint density at radius 2 is 1.89 bits per heavy atom. The van der Waals surface area contributed by atoms with Crippen molar-refractivity contribution in [1.82, 2.24) is 10.3 Å². The number of ether oxygens (including phenoxy) is 1. The molecule has 1 aliphatic carbocycles. The molecule has 7 heteroatoms. The van der Waals surface area contributed by atoms with Crippen LogP contribution in [-0.4, -0.2) is 29.9 Å². The third kappa shape index (κ3) is 5.70. The molecule has 0 radical (unpaired) electrons. The van der Waals surface area contributed by atoms with Gasteiger partial charge >= 0.3 is 0 Å². The van der Waals surface area contributed by atoms with E-state index in [0.29, 0.717) is 34.7 Å². The number of carbonyl (C=O) groups is 2. The van der Waals surface area contributed by atoms with Crippen molar-refractivity contribution in [1.29, 1.82) is 0 Å².